The summed E-state index contributed by atoms with van der Waals surface area (Å²) in [5.74, 6) is 4.62. The topological polar surface area (TPSA) is 82.2 Å². The van der Waals surface area contributed by atoms with Gasteiger partial charge in [-0.25, -0.2) is 0 Å². The van der Waals surface area contributed by atoms with Crippen LogP contribution in [0.15, 0.2) is 41.3 Å². The Morgan fingerprint density at radius 2 is 2.19 bits per heavy atom. The lowest BCUT2D eigenvalue weighted by molar-refractivity contribution is 0.102. The molecule has 1 aromatic heterocycles. The molecular weight excluding hydrogens is 292 g/mol. The van der Waals surface area contributed by atoms with Crippen molar-refractivity contribution in [2.45, 2.75) is 0 Å². The summed E-state index contributed by atoms with van der Waals surface area (Å²) < 4.78 is 0. The number of amides is 1. The standard InChI is InChI=1S/C15H11ClN2O3/c16-11-5-6-13(10(9-11)3-2-8-19)18-15(21)12-4-1-7-17-14(12)20/h1,4-7,9,19H,8H2,(H,17,20)(H,18,21). The molecule has 1 heterocycles. The lowest BCUT2D eigenvalue weighted by atomic mass is 10.1. The fourth-order valence-corrected chi connectivity index (χ4v) is 1.83. The third-order valence-corrected chi connectivity index (χ3v) is 2.83. The van der Waals surface area contributed by atoms with E-state index in [0.717, 1.165) is 0 Å². The number of anilines is 1. The molecule has 0 bridgehead atoms. The van der Waals surface area contributed by atoms with Crippen LogP contribution < -0.4 is 10.9 Å². The van der Waals surface area contributed by atoms with Gasteiger partial charge in [-0.2, -0.15) is 0 Å². The highest BCUT2D eigenvalue weighted by Gasteiger charge is 2.11. The molecule has 0 aliphatic heterocycles. The minimum Gasteiger partial charge on any atom is -0.384 e. The summed E-state index contributed by atoms with van der Waals surface area (Å²) in [6.45, 7) is -0.307. The van der Waals surface area contributed by atoms with Crippen LogP contribution in [0.1, 0.15) is 15.9 Å². The molecule has 21 heavy (non-hydrogen) atoms. The SMILES string of the molecule is O=C(Nc1ccc(Cl)cc1C#CCO)c1ccc[nH]c1=O. The smallest absolute Gasteiger partial charge is 0.261 e. The van der Waals surface area contributed by atoms with Crippen LogP contribution in [0.25, 0.3) is 0 Å². The van der Waals surface area contributed by atoms with Crippen molar-refractivity contribution in [2.75, 3.05) is 11.9 Å². The van der Waals surface area contributed by atoms with Gasteiger partial charge in [0, 0.05) is 16.8 Å². The molecule has 0 atom stereocenters. The average Bonchev–Trinajstić information content (AvgIpc) is 2.47. The molecule has 0 aliphatic carbocycles. The van der Waals surface area contributed by atoms with E-state index >= 15 is 0 Å². The maximum absolute atomic E-state index is 12.1. The van der Waals surface area contributed by atoms with Crippen LogP contribution >= 0.6 is 11.6 Å². The molecule has 0 aliphatic rings. The predicted molar refractivity (Wildman–Crippen MR) is 80.4 cm³/mol. The van der Waals surface area contributed by atoms with Crippen LogP contribution in [-0.2, 0) is 0 Å². The van der Waals surface area contributed by atoms with E-state index in [1.54, 1.807) is 24.3 Å². The van der Waals surface area contributed by atoms with Gasteiger partial charge in [0.1, 0.15) is 12.2 Å². The summed E-state index contributed by atoms with van der Waals surface area (Å²) in [6.07, 6.45) is 1.44. The van der Waals surface area contributed by atoms with E-state index in [0.29, 0.717) is 16.3 Å². The van der Waals surface area contributed by atoms with Crippen LogP contribution in [0.2, 0.25) is 5.02 Å². The first-order valence-corrected chi connectivity index (χ1v) is 6.38. The van der Waals surface area contributed by atoms with Crippen molar-refractivity contribution >= 4 is 23.2 Å². The number of hydrogen-bond acceptors (Lipinski definition) is 3. The highest BCUT2D eigenvalue weighted by atomic mass is 35.5. The zero-order chi connectivity index (χ0) is 15.2. The molecule has 0 fully saturated rings. The molecule has 0 saturated heterocycles. The van der Waals surface area contributed by atoms with Crippen LogP contribution in [-0.4, -0.2) is 22.6 Å². The third-order valence-electron chi connectivity index (χ3n) is 2.59. The number of hydrogen-bond donors (Lipinski definition) is 3. The molecule has 0 saturated carbocycles. The number of halogens is 1. The first-order chi connectivity index (χ1) is 10.1. The summed E-state index contributed by atoms with van der Waals surface area (Å²) in [6, 6.07) is 7.72. The van der Waals surface area contributed by atoms with Gasteiger partial charge in [0.25, 0.3) is 11.5 Å². The van der Waals surface area contributed by atoms with Gasteiger partial charge in [-0.15, -0.1) is 0 Å². The van der Waals surface area contributed by atoms with Gasteiger partial charge >= 0.3 is 0 Å². The molecular formula is C15H11ClN2O3. The summed E-state index contributed by atoms with van der Waals surface area (Å²) in [5, 5.41) is 11.8. The highest BCUT2D eigenvalue weighted by Crippen LogP contribution is 2.20. The van der Waals surface area contributed by atoms with E-state index < -0.39 is 11.5 Å². The summed E-state index contributed by atoms with van der Waals surface area (Å²) >= 11 is 5.88. The van der Waals surface area contributed by atoms with Gasteiger partial charge in [-0.1, -0.05) is 23.4 Å². The maximum Gasteiger partial charge on any atom is 0.261 e. The van der Waals surface area contributed by atoms with Crippen molar-refractivity contribution in [3.63, 3.8) is 0 Å². The van der Waals surface area contributed by atoms with E-state index in [2.05, 4.69) is 22.1 Å². The fourth-order valence-electron chi connectivity index (χ4n) is 1.65. The number of H-pyrrole nitrogens is 1. The van der Waals surface area contributed by atoms with Crippen LogP contribution in [0.4, 0.5) is 5.69 Å². The first kappa shape index (κ1) is 14.9. The number of aliphatic hydroxyl groups excluding tert-OH is 1. The number of benzene rings is 1. The second-order valence-corrected chi connectivity index (χ2v) is 4.45. The predicted octanol–water partition coefficient (Wildman–Crippen LogP) is 1.62. The molecule has 0 spiro atoms. The summed E-state index contributed by atoms with van der Waals surface area (Å²) in [7, 11) is 0. The molecule has 6 heteroatoms. The first-order valence-electron chi connectivity index (χ1n) is 6.00. The Labute approximate surface area is 125 Å². The Morgan fingerprint density at radius 1 is 1.38 bits per heavy atom. The Morgan fingerprint density at radius 3 is 2.90 bits per heavy atom. The number of rotatable bonds is 2. The normalized spacial score (nSPS) is 9.62. The zero-order valence-electron chi connectivity index (χ0n) is 10.8. The van der Waals surface area contributed by atoms with Gasteiger partial charge in [-0.3, -0.25) is 9.59 Å². The van der Waals surface area contributed by atoms with Crippen molar-refractivity contribution in [3.8, 4) is 11.8 Å². The number of aromatic amines is 1. The number of carbonyl (C=O) groups is 1. The monoisotopic (exact) mass is 302 g/mol. The number of nitrogens with one attached hydrogen (secondary N) is 2. The molecule has 0 radical (unpaired) electrons. The van der Waals surface area contributed by atoms with E-state index in [1.165, 1.54) is 12.3 Å². The lowest BCUT2D eigenvalue weighted by Gasteiger charge is -2.07. The molecule has 1 amide bonds. The largest absolute Gasteiger partial charge is 0.384 e. The quantitative estimate of drug-likeness (QED) is 0.737. The summed E-state index contributed by atoms with van der Waals surface area (Å²) in [4.78, 5) is 26.1. The Bertz CT molecular complexity index is 787. The van der Waals surface area contributed by atoms with Crippen LogP contribution in [0.3, 0.4) is 0 Å². The highest BCUT2D eigenvalue weighted by molar-refractivity contribution is 6.30. The minimum atomic E-state index is -0.550. The van der Waals surface area contributed by atoms with Gasteiger partial charge in [0.15, 0.2) is 0 Å². The van der Waals surface area contributed by atoms with E-state index in [1.807, 2.05) is 0 Å². The van der Waals surface area contributed by atoms with Gasteiger partial charge in [0.05, 0.1) is 5.69 Å². The minimum absolute atomic E-state index is 0.00600. The van der Waals surface area contributed by atoms with Gasteiger partial charge < -0.3 is 15.4 Å². The molecule has 5 nitrogen and oxygen atoms in total. The Balaban J connectivity index is 2.33. The fraction of sp³-hybridized carbons (Fsp3) is 0.0667. The molecule has 2 aromatic rings. The van der Waals surface area contributed by atoms with E-state index in [4.69, 9.17) is 16.7 Å². The molecule has 106 valence electrons. The summed E-state index contributed by atoms with van der Waals surface area (Å²) in [5.41, 5.74) is 0.381. The van der Waals surface area contributed by atoms with Crippen molar-refractivity contribution in [1.29, 1.82) is 0 Å². The number of aromatic nitrogens is 1. The van der Waals surface area contributed by atoms with Crippen molar-refractivity contribution in [2.24, 2.45) is 0 Å². The van der Waals surface area contributed by atoms with Crippen molar-refractivity contribution in [1.82, 2.24) is 4.98 Å². The molecule has 2 rings (SSSR count). The van der Waals surface area contributed by atoms with Crippen LogP contribution in [0, 0.1) is 11.8 Å². The second kappa shape index (κ2) is 6.75. The van der Waals surface area contributed by atoms with E-state index in [-0.39, 0.29) is 12.2 Å². The average molecular weight is 303 g/mol. The maximum atomic E-state index is 12.1. The number of pyridine rings is 1. The van der Waals surface area contributed by atoms with E-state index in [9.17, 15) is 9.59 Å². The molecule has 3 N–H and O–H groups in total. The van der Waals surface area contributed by atoms with Crippen molar-refractivity contribution in [3.05, 3.63) is 63.0 Å². The van der Waals surface area contributed by atoms with Gasteiger partial charge in [0.2, 0.25) is 0 Å². The molecule has 1 aromatic carbocycles. The van der Waals surface area contributed by atoms with Gasteiger partial charge in [-0.05, 0) is 30.3 Å². The Hall–Kier alpha value is -2.55. The number of carbonyl (C=O) groups excluding carboxylic acids is 1. The Kier molecular flexibility index (Phi) is 4.77. The second-order valence-electron chi connectivity index (χ2n) is 4.02. The third kappa shape index (κ3) is 3.72. The van der Waals surface area contributed by atoms with Crippen LogP contribution in [0.5, 0.6) is 0 Å². The number of aliphatic hydroxyl groups is 1. The molecule has 0 unspecified atom stereocenters. The zero-order valence-corrected chi connectivity index (χ0v) is 11.6. The lowest BCUT2D eigenvalue weighted by Crippen LogP contribution is -2.22. The van der Waals surface area contributed by atoms with Crippen molar-refractivity contribution < 1.29 is 9.90 Å².